The number of carbonyl (C=O) groups excluding carboxylic acids is 2. The molecule has 0 saturated heterocycles. The minimum atomic E-state index is -6.55. The summed E-state index contributed by atoms with van der Waals surface area (Å²) in [4.78, 5) is 25.2. The topological polar surface area (TPSA) is 107 Å². The molecule has 0 fully saturated rings. The highest BCUT2D eigenvalue weighted by Crippen LogP contribution is 2.47. The van der Waals surface area contributed by atoms with E-state index in [0.717, 1.165) is 24.3 Å². The molecular formula is C19H11B3F6O7S. The first-order valence-corrected chi connectivity index (χ1v) is 10.9. The highest BCUT2D eigenvalue weighted by atomic mass is 32.2. The molecule has 0 aliphatic carbocycles. The first kappa shape index (κ1) is 29.3. The molecular weight excluding hydrogens is 519 g/mol. The van der Waals surface area contributed by atoms with Crippen LogP contribution in [0.25, 0.3) is 0 Å². The second-order valence-corrected chi connectivity index (χ2v) is 8.63. The summed E-state index contributed by atoms with van der Waals surface area (Å²) in [5, 5.41) is 0. The summed E-state index contributed by atoms with van der Waals surface area (Å²) < 4.78 is 120. The van der Waals surface area contributed by atoms with Crippen molar-refractivity contribution in [3.05, 3.63) is 53.1 Å². The van der Waals surface area contributed by atoms with Gasteiger partial charge < -0.3 is 9.47 Å². The fourth-order valence-corrected chi connectivity index (χ4v) is 3.84. The molecule has 6 radical (unpaired) electrons. The van der Waals surface area contributed by atoms with Gasteiger partial charge in [0.2, 0.25) is 0 Å². The summed E-state index contributed by atoms with van der Waals surface area (Å²) in [7, 11) is 10.8. The van der Waals surface area contributed by atoms with E-state index in [0.29, 0.717) is 6.07 Å². The highest BCUT2D eigenvalue weighted by Gasteiger charge is 2.76. The van der Waals surface area contributed by atoms with Crippen LogP contribution >= 0.6 is 0 Å². The van der Waals surface area contributed by atoms with Gasteiger partial charge in [0, 0.05) is 0 Å². The molecule has 2 aromatic rings. The van der Waals surface area contributed by atoms with Crippen LogP contribution in [0.5, 0.6) is 5.75 Å². The molecule has 7 nitrogen and oxygen atoms in total. The van der Waals surface area contributed by atoms with E-state index in [1.54, 1.807) is 0 Å². The lowest BCUT2D eigenvalue weighted by Crippen LogP contribution is -2.63. The SMILES string of the molecule is [B]Cc1cc([B])cc([B])c1OC(=O)c1ccccc1C(=O)OC(CS(=O)(=O)O)(C(F)(F)F)C(F)(F)F. The van der Waals surface area contributed by atoms with Crippen LogP contribution in [0.3, 0.4) is 0 Å². The number of alkyl halides is 6. The van der Waals surface area contributed by atoms with Crippen LogP contribution in [-0.2, 0) is 21.2 Å². The minimum Gasteiger partial charge on any atom is -0.435 e. The molecule has 186 valence electrons. The van der Waals surface area contributed by atoms with Gasteiger partial charge in [0.05, 0.1) is 19.0 Å². The fraction of sp³-hybridized carbons (Fsp3) is 0.263. The van der Waals surface area contributed by atoms with Crippen LogP contribution in [-0.4, -0.2) is 72.2 Å². The van der Waals surface area contributed by atoms with Gasteiger partial charge >= 0.3 is 29.9 Å². The van der Waals surface area contributed by atoms with Crippen LogP contribution < -0.4 is 15.7 Å². The third kappa shape index (κ3) is 6.24. The predicted octanol–water partition coefficient (Wildman–Crippen LogP) is 1.07. The van der Waals surface area contributed by atoms with E-state index in [9.17, 15) is 44.3 Å². The van der Waals surface area contributed by atoms with Gasteiger partial charge in [0.1, 0.15) is 27.2 Å². The van der Waals surface area contributed by atoms with Gasteiger partial charge in [0.25, 0.3) is 10.1 Å². The second kappa shape index (κ2) is 10.2. The average Bonchev–Trinajstić information content (AvgIpc) is 2.72. The highest BCUT2D eigenvalue weighted by molar-refractivity contribution is 7.85. The molecule has 0 atom stereocenters. The fourth-order valence-electron chi connectivity index (χ4n) is 2.94. The third-order valence-corrected chi connectivity index (χ3v) is 5.34. The second-order valence-electron chi connectivity index (χ2n) is 7.18. The lowest BCUT2D eigenvalue weighted by molar-refractivity contribution is -0.356. The number of ether oxygens (including phenoxy) is 2. The minimum absolute atomic E-state index is 0.0993. The van der Waals surface area contributed by atoms with Crippen molar-refractivity contribution in [2.45, 2.75) is 24.3 Å². The number of carbonyl (C=O) groups is 2. The Balaban J connectivity index is 2.56. The molecule has 0 heterocycles. The van der Waals surface area contributed by atoms with E-state index in [2.05, 4.69) is 4.74 Å². The van der Waals surface area contributed by atoms with Crippen molar-refractivity contribution in [3.63, 3.8) is 0 Å². The van der Waals surface area contributed by atoms with Crippen LogP contribution in [0.4, 0.5) is 26.3 Å². The lowest BCUT2D eigenvalue weighted by atomic mass is 9.81. The standard InChI is InChI=1S/C19H11B3F6O7S/c20-7-9-5-10(21)6-13(22)14(9)34-15(29)11-3-1-2-4-12(11)16(30)35-17(18(23,24)25,19(26,27)28)8-36(31,32)33/h1-6H,7-8H2,(H,31,32,33). The zero-order valence-corrected chi connectivity index (χ0v) is 18.5. The maximum Gasteiger partial charge on any atom is 0.438 e. The van der Waals surface area contributed by atoms with E-state index in [4.69, 9.17) is 32.8 Å². The molecule has 0 aliphatic heterocycles. The molecule has 0 aromatic heterocycles. The Morgan fingerprint density at radius 3 is 1.86 bits per heavy atom. The normalized spacial score (nSPS) is 12.8. The predicted molar refractivity (Wildman–Crippen MR) is 115 cm³/mol. The van der Waals surface area contributed by atoms with E-state index < -0.39 is 56.9 Å². The monoisotopic (exact) mass is 530 g/mol. The van der Waals surface area contributed by atoms with Gasteiger partial charge in [-0.3, -0.25) is 4.55 Å². The first-order chi connectivity index (χ1) is 16.3. The molecule has 0 spiro atoms. The summed E-state index contributed by atoms with van der Waals surface area (Å²) in [5.74, 6) is -7.29. The van der Waals surface area contributed by atoms with Crippen molar-refractivity contribution >= 4 is 56.5 Å². The molecule has 2 aromatic carbocycles. The van der Waals surface area contributed by atoms with Crippen LogP contribution in [0.2, 0.25) is 0 Å². The van der Waals surface area contributed by atoms with E-state index in [1.807, 2.05) is 0 Å². The van der Waals surface area contributed by atoms with Crippen molar-refractivity contribution in [1.82, 2.24) is 0 Å². The van der Waals surface area contributed by atoms with E-state index in [-0.39, 0.29) is 28.6 Å². The van der Waals surface area contributed by atoms with E-state index in [1.165, 1.54) is 6.07 Å². The van der Waals surface area contributed by atoms with Gasteiger partial charge in [-0.05, 0) is 17.7 Å². The molecule has 1 N–H and O–H groups in total. The van der Waals surface area contributed by atoms with Crippen LogP contribution in [0.1, 0.15) is 26.3 Å². The van der Waals surface area contributed by atoms with Gasteiger partial charge in [-0.1, -0.05) is 41.5 Å². The summed E-state index contributed by atoms with van der Waals surface area (Å²) in [6, 6.07) is 5.92. The number of halogens is 6. The smallest absolute Gasteiger partial charge is 0.435 e. The molecule has 0 aliphatic rings. The maximum atomic E-state index is 13.5. The largest absolute Gasteiger partial charge is 0.438 e. The van der Waals surface area contributed by atoms with Crippen molar-refractivity contribution in [2.75, 3.05) is 5.75 Å². The molecule has 17 heteroatoms. The van der Waals surface area contributed by atoms with Crippen molar-refractivity contribution in [1.29, 1.82) is 0 Å². The number of hydrogen-bond acceptors (Lipinski definition) is 6. The van der Waals surface area contributed by atoms with Gasteiger partial charge in [0.15, 0.2) is 0 Å². The number of esters is 2. The molecule has 0 unspecified atom stereocenters. The zero-order chi connectivity index (χ0) is 27.7. The molecule has 2 rings (SSSR count). The lowest BCUT2D eigenvalue weighted by Gasteiger charge is -2.35. The summed E-state index contributed by atoms with van der Waals surface area (Å²) in [6.45, 7) is 0. The van der Waals surface area contributed by atoms with Gasteiger partial charge in [-0.2, -0.15) is 34.8 Å². The Morgan fingerprint density at radius 1 is 0.917 bits per heavy atom. The van der Waals surface area contributed by atoms with Gasteiger partial charge in [-0.15, -0.1) is 0 Å². The quantitative estimate of drug-likeness (QED) is 0.188. The third-order valence-electron chi connectivity index (χ3n) is 4.57. The number of rotatable bonds is 7. The Morgan fingerprint density at radius 2 is 1.42 bits per heavy atom. The number of benzene rings is 2. The van der Waals surface area contributed by atoms with Crippen LogP contribution in [0, 0.1) is 0 Å². The summed E-state index contributed by atoms with van der Waals surface area (Å²) in [5.41, 5.74) is -7.67. The first-order valence-electron chi connectivity index (χ1n) is 9.34. The average molecular weight is 530 g/mol. The Kier molecular flexibility index (Phi) is 8.30. The van der Waals surface area contributed by atoms with E-state index >= 15 is 0 Å². The molecule has 36 heavy (non-hydrogen) atoms. The van der Waals surface area contributed by atoms with Gasteiger partial charge in [-0.25, -0.2) is 9.59 Å². The molecule has 0 saturated carbocycles. The molecule has 0 amide bonds. The maximum absolute atomic E-state index is 13.5. The Bertz CT molecular complexity index is 1270. The van der Waals surface area contributed by atoms with Crippen LogP contribution in [0.15, 0.2) is 36.4 Å². The Labute approximate surface area is 204 Å². The zero-order valence-electron chi connectivity index (χ0n) is 17.7. The Hall–Kier alpha value is -2.94. The van der Waals surface area contributed by atoms with Crippen molar-refractivity contribution < 1.29 is 58.4 Å². The van der Waals surface area contributed by atoms with Crippen molar-refractivity contribution in [2.24, 2.45) is 0 Å². The molecule has 0 bridgehead atoms. The summed E-state index contributed by atoms with van der Waals surface area (Å²) >= 11 is 0. The summed E-state index contributed by atoms with van der Waals surface area (Å²) in [6.07, 6.45) is -13.4. The van der Waals surface area contributed by atoms with Crippen molar-refractivity contribution in [3.8, 4) is 5.75 Å². The number of hydrogen-bond donors (Lipinski definition) is 1.